The Morgan fingerprint density at radius 1 is 0.317 bits per heavy atom. The molecule has 5 heterocycles. The molecule has 0 unspecified atom stereocenters. The van der Waals surface area contributed by atoms with Crippen LogP contribution in [0.4, 0.5) is 17.1 Å². The standard InChI is InChI=1S/C26H23N3O2.C25H20ClN3O2.2C22H23N3O2.C21H21N3O2/c1-4-29-24-15-21(31-3)13-14-22(24)23(16-27)25(29)18-7-9-19(10-8-18)26(30)28-20-11-5-17(2)6-12-20;1-3-29-23-14-20(31-2)12-13-21(23)22(15-27)24(29)16-4-6-17(7-5-16)25(30)28-19-10-8-18(26)9-11-19;1-5-25-20-12-17(27-4)10-11-18(20)19(13-23)21(25)15-6-8-16(9-7-15)22(26)24-14(2)3;1-5-25-20-12-17(27-4)9-10-18(20)19(13-23)21(25)15-7-6-8-16(11-15)24-22(26)14(2)3;1-4-23-21(25)15-8-6-14(7-9-15)20-18(13-22)17-11-10-16(26-3)12-19(17)24(20)5-2/h5-15H,4H2,1-3H3,(H,28,30);4-14H,3H2,1-2H3,(H,28,30);2*6-12,14H,5H2,1-4H3,(H,24,26);6-12H,4-5H2,1-3H3,(H,23,25). The predicted octanol–water partition coefficient (Wildman–Crippen LogP) is 25.0. The first-order valence-corrected chi connectivity index (χ1v) is 47.0. The van der Waals surface area contributed by atoms with Crippen LogP contribution in [0.25, 0.3) is 111 Å². The summed E-state index contributed by atoms with van der Waals surface area (Å²) in [6.45, 7) is 25.8. The summed E-state index contributed by atoms with van der Waals surface area (Å²) in [5.41, 5.74) is 22.2. The van der Waals surface area contributed by atoms with E-state index in [1.54, 1.807) is 108 Å². The minimum absolute atomic E-state index is 0.0339. The number of carbonyl (C=O) groups excluding carboxylic acids is 5. The highest BCUT2D eigenvalue weighted by atomic mass is 35.5. The molecule has 0 saturated carbocycles. The van der Waals surface area contributed by atoms with Crippen LogP contribution in [-0.4, -0.2) is 101 Å². The van der Waals surface area contributed by atoms with Gasteiger partial charge in [0.05, 0.1) is 119 Å². The normalized spacial score (nSPS) is 10.7. The molecule has 0 bridgehead atoms. The Kier molecular flexibility index (Phi) is 33.4. The first-order chi connectivity index (χ1) is 68.7. The fourth-order valence-electron chi connectivity index (χ4n) is 17.3. The molecule has 0 atom stereocenters. The van der Waals surface area contributed by atoms with Gasteiger partial charge in [0.25, 0.3) is 23.6 Å². The van der Waals surface area contributed by atoms with Gasteiger partial charge < -0.3 is 73.1 Å². The van der Waals surface area contributed by atoms with Gasteiger partial charge in [-0.15, -0.1) is 0 Å². The van der Waals surface area contributed by atoms with Crippen molar-refractivity contribution in [2.24, 2.45) is 5.92 Å². The zero-order valence-electron chi connectivity index (χ0n) is 82.2. The van der Waals surface area contributed by atoms with Crippen LogP contribution in [0.2, 0.25) is 5.02 Å². The molecule has 5 amide bonds. The highest BCUT2D eigenvalue weighted by Crippen LogP contribution is 2.43. The van der Waals surface area contributed by atoms with Crippen molar-refractivity contribution in [1.29, 1.82) is 26.3 Å². The molecule has 0 spiro atoms. The van der Waals surface area contributed by atoms with E-state index in [-0.39, 0.29) is 41.5 Å². The van der Waals surface area contributed by atoms with Crippen LogP contribution in [0.3, 0.4) is 0 Å². The molecule has 0 saturated heterocycles. The van der Waals surface area contributed by atoms with Gasteiger partial charge in [0.15, 0.2) is 0 Å². The number of anilines is 3. The summed E-state index contributed by atoms with van der Waals surface area (Å²) < 4.78 is 37.3. The van der Waals surface area contributed by atoms with Crippen LogP contribution in [0.1, 0.15) is 144 Å². The summed E-state index contributed by atoms with van der Waals surface area (Å²) in [5, 5.41) is 68.6. The quantitative estimate of drug-likeness (QED) is 0.0355. The van der Waals surface area contributed by atoms with Gasteiger partial charge in [-0.25, -0.2) is 0 Å². The fraction of sp³-hybridized carbons (Fsp3) is 0.207. The number of amides is 5. The number of aromatic nitrogens is 5. The summed E-state index contributed by atoms with van der Waals surface area (Å²) in [7, 11) is 8.15. The third-order valence-corrected chi connectivity index (χ3v) is 24.5. The van der Waals surface area contributed by atoms with E-state index in [0.717, 1.165) is 170 Å². The largest absolute Gasteiger partial charge is 0.497 e. The van der Waals surface area contributed by atoms with E-state index < -0.39 is 0 Å². The molecule has 0 aliphatic heterocycles. The van der Waals surface area contributed by atoms with Crippen molar-refractivity contribution in [3.05, 3.63) is 322 Å². The van der Waals surface area contributed by atoms with Gasteiger partial charge in [-0.3, -0.25) is 24.0 Å². The van der Waals surface area contributed by atoms with Crippen LogP contribution in [0.5, 0.6) is 28.7 Å². The van der Waals surface area contributed by atoms with Crippen molar-refractivity contribution >= 4 is 113 Å². The minimum atomic E-state index is -0.213. The van der Waals surface area contributed by atoms with Crippen molar-refractivity contribution in [1.82, 2.24) is 33.5 Å². The molecule has 716 valence electrons. The molecule has 0 aliphatic carbocycles. The van der Waals surface area contributed by atoms with Crippen molar-refractivity contribution in [2.75, 3.05) is 58.0 Å². The van der Waals surface area contributed by atoms with E-state index in [0.29, 0.717) is 87.0 Å². The lowest BCUT2D eigenvalue weighted by atomic mass is 10.0. The van der Waals surface area contributed by atoms with Gasteiger partial charge in [-0.1, -0.05) is 104 Å². The monoisotopic (exact) mass is 1910 g/mol. The molecule has 0 radical (unpaired) electrons. The summed E-state index contributed by atoms with van der Waals surface area (Å²) in [6, 6.07) is 92.2. The Morgan fingerprint density at radius 3 is 0.852 bits per heavy atom. The number of nitriles is 5. The molecular weight excluding hydrogens is 1800 g/mol. The molecule has 5 N–H and O–H groups in total. The second-order valence-corrected chi connectivity index (χ2v) is 34.1. The lowest BCUT2D eigenvalue weighted by molar-refractivity contribution is -0.118. The van der Waals surface area contributed by atoms with E-state index in [1.165, 1.54) is 0 Å². The maximum Gasteiger partial charge on any atom is 0.255 e. The second kappa shape index (κ2) is 46.5. The zero-order chi connectivity index (χ0) is 102. The SMILES string of the molecule is CCNC(=O)c1ccc(-c2c(C#N)c3ccc(OC)cc3n2CC)cc1.CCn1c(-c2ccc(C(=O)NC(C)C)cc2)c(C#N)c2ccc(OC)cc21.CCn1c(-c2ccc(C(=O)Nc3ccc(C)cc3)cc2)c(C#N)c2ccc(OC)cc21.CCn1c(-c2ccc(C(=O)Nc3ccc(Cl)cc3)cc2)c(C#N)c2ccc(OC)cc21.CCn1c(-c2cccc(NC(=O)C(C)C)c2)c(C#N)c2ccc(OC)cc21. The number of ether oxygens (including phenoxy) is 5. The number of aryl methyl sites for hydroxylation is 6. The first kappa shape index (κ1) is 102. The highest BCUT2D eigenvalue weighted by Gasteiger charge is 2.27. The van der Waals surface area contributed by atoms with Crippen LogP contribution in [-0.2, 0) is 37.5 Å². The number of fused-ring (bicyclic) bond motifs is 5. The number of rotatable bonds is 25. The van der Waals surface area contributed by atoms with Crippen molar-refractivity contribution in [2.45, 2.75) is 115 Å². The second-order valence-electron chi connectivity index (χ2n) is 33.6. The van der Waals surface area contributed by atoms with Gasteiger partial charge in [-0.05, 0) is 242 Å². The predicted molar refractivity (Wildman–Crippen MR) is 564 cm³/mol. The van der Waals surface area contributed by atoms with Crippen LogP contribution in [0.15, 0.2) is 261 Å². The molecule has 142 heavy (non-hydrogen) atoms. The van der Waals surface area contributed by atoms with E-state index in [2.05, 4.69) is 79.8 Å². The minimum Gasteiger partial charge on any atom is -0.497 e. The smallest absolute Gasteiger partial charge is 0.255 e. The average molecular weight is 1910 g/mol. The van der Waals surface area contributed by atoms with Crippen molar-refractivity contribution in [3.8, 4) is 115 Å². The Labute approximate surface area is 830 Å². The maximum absolute atomic E-state index is 12.6. The number of hydrogen-bond acceptors (Lipinski definition) is 15. The topological polar surface area (TPSA) is 335 Å². The average Bonchev–Trinajstić information content (AvgIpc) is 1.63. The maximum atomic E-state index is 12.6. The van der Waals surface area contributed by atoms with Gasteiger partial charge in [0.1, 0.15) is 59.1 Å². The molecular formula is C116H110ClN15O10. The Morgan fingerprint density at radius 2 is 0.592 bits per heavy atom. The van der Waals surface area contributed by atoms with Crippen LogP contribution in [0, 0.1) is 69.5 Å². The van der Waals surface area contributed by atoms with Gasteiger partial charge in [0, 0.05) is 158 Å². The number of halogens is 1. The Bertz CT molecular complexity index is 7580. The number of nitrogens with one attached hydrogen (secondary N) is 5. The lowest BCUT2D eigenvalue weighted by Crippen LogP contribution is -2.29. The third kappa shape index (κ3) is 22.0. The number of benzene rings is 12. The Hall–Kier alpha value is -17.6. The molecule has 0 aliphatic rings. The molecule has 17 rings (SSSR count). The molecule has 25 nitrogen and oxygen atoms in total. The first-order valence-electron chi connectivity index (χ1n) is 46.6. The molecule has 17 aromatic rings. The fourth-order valence-corrected chi connectivity index (χ4v) is 17.4. The third-order valence-electron chi connectivity index (χ3n) is 24.3. The van der Waals surface area contributed by atoms with E-state index in [9.17, 15) is 50.3 Å². The molecule has 12 aromatic carbocycles. The van der Waals surface area contributed by atoms with Crippen molar-refractivity contribution in [3.63, 3.8) is 0 Å². The molecule has 5 aromatic heterocycles. The molecule has 0 fully saturated rings. The van der Waals surface area contributed by atoms with Gasteiger partial charge >= 0.3 is 0 Å². The van der Waals surface area contributed by atoms with E-state index in [4.69, 9.17) is 35.3 Å². The van der Waals surface area contributed by atoms with Crippen LogP contribution >= 0.6 is 11.6 Å². The van der Waals surface area contributed by atoms with Crippen molar-refractivity contribution < 1.29 is 47.7 Å². The van der Waals surface area contributed by atoms with Gasteiger partial charge in [-0.2, -0.15) is 26.3 Å². The Balaban J connectivity index is 0.000000149. The lowest BCUT2D eigenvalue weighted by Gasteiger charge is -2.12. The zero-order valence-corrected chi connectivity index (χ0v) is 82.9. The summed E-state index contributed by atoms with van der Waals surface area (Å²) >= 11 is 5.89. The summed E-state index contributed by atoms with van der Waals surface area (Å²) in [5.74, 6) is 3.04. The summed E-state index contributed by atoms with van der Waals surface area (Å²) in [6.07, 6.45) is 0. The number of hydrogen-bond donors (Lipinski definition) is 5. The summed E-state index contributed by atoms with van der Waals surface area (Å²) in [4.78, 5) is 61.4. The van der Waals surface area contributed by atoms with E-state index >= 15 is 0 Å². The molecule has 26 heteroatoms. The van der Waals surface area contributed by atoms with Crippen LogP contribution < -0.4 is 50.3 Å². The highest BCUT2D eigenvalue weighted by molar-refractivity contribution is 6.30. The number of carbonyl (C=O) groups is 5. The number of methoxy groups -OCH3 is 5. The van der Waals surface area contributed by atoms with Gasteiger partial charge in [0.2, 0.25) is 5.91 Å². The number of nitrogens with zero attached hydrogens (tertiary/aromatic N) is 10. The van der Waals surface area contributed by atoms with E-state index in [1.807, 2.05) is 264 Å².